The number of nitrogens with zero attached hydrogens (tertiary/aromatic N) is 2. The lowest BCUT2D eigenvalue weighted by Gasteiger charge is -2.13. The Kier molecular flexibility index (Phi) is 4.94. The van der Waals surface area contributed by atoms with Crippen molar-refractivity contribution < 1.29 is 0 Å². The molecule has 0 saturated carbocycles. The van der Waals surface area contributed by atoms with Gasteiger partial charge in [-0.1, -0.05) is 44.5 Å². The van der Waals surface area contributed by atoms with Crippen molar-refractivity contribution in [1.29, 1.82) is 5.26 Å². The number of rotatable bonds is 5. The summed E-state index contributed by atoms with van der Waals surface area (Å²) in [6.07, 6.45) is 2.93. The second-order valence-corrected chi connectivity index (χ2v) is 5.10. The second-order valence-electron chi connectivity index (χ2n) is 5.10. The predicted molar refractivity (Wildman–Crippen MR) is 85.1 cm³/mol. The Bertz CT molecular complexity index is 705. The van der Waals surface area contributed by atoms with Crippen LogP contribution in [0.25, 0.3) is 11.3 Å². The lowest BCUT2D eigenvalue weighted by Crippen LogP contribution is -2.24. The molecule has 0 aliphatic rings. The predicted octanol–water partition coefficient (Wildman–Crippen LogP) is 3.75. The molecule has 0 spiro atoms. The molecule has 1 heterocycles. The van der Waals surface area contributed by atoms with Crippen LogP contribution < -0.4 is 5.56 Å². The fourth-order valence-electron chi connectivity index (χ4n) is 2.36. The third-order valence-corrected chi connectivity index (χ3v) is 3.69. The van der Waals surface area contributed by atoms with Crippen molar-refractivity contribution in [2.24, 2.45) is 0 Å². The van der Waals surface area contributed by atoms with Gasteiger partial charge in [0.15, 0.2) is 0 Å². The number of hydrogen-bond acceptors (Lipinski definition) is 2. The molecule has 0 unspecified atom stereocenters. The Balaban J connectivity index is 2.53. The summed E-state index contributed by atoms with van der Waals surface area (Å²) in [6, 6.07) is 13.7. The van der Waals surface area contributed by atoms with Crippen molar-refractivity contribution in [1.82, 2.24) is 4.57 Å². The lowest BCUT2D eigenvalue weighted by atomic mass is 10.1. The van der Waals surface area contributed by atoms with Crippen molar-refractivity contribution in [3.05, 3.63) is 57.9 Å². The molecule has 108 valence electrons. The molecule has 0 N–H and O–H groups in total. The molecule has 0 radical (unpaired) electrons. The molecule has 2 rings (SSSR count). The highest BCUT2D eigenvalue weighted by atomic mass is 16.1. The van der Waals surface area contributed by atoms with Gasteiger partial charge in [0.1, 0.15) is 11.6 Å². The minimum absolute atomic E-state index is 0.192. The van der Waals surface area contributed by atoms with E-state index in [0.717, 1.165) is 30.5 Å². The van der Waals surface area contributed by atoms with Gasteiger partial charge >= 0.3 is 0 Å². The molecular formula is C18H20N2O. The average molecular weight is 280 g/mol. The minimum atomic E-state index is -0.192. The summed E-state index contributed by atoms with van der Waals surface area (Å²) in [6.45, 7) is 4.86. The Morgan fingerprint density at radius 1 is 1.10 bits per heavy atom. The highest BCUT2D eigenvalue weighted by Crippen LogP contribution is 2.20. The molecule has 21 heavy (non-hydrogen) atoms. The Morgan fingerprint density at radius 2 is 1.81 bits per heavy atom. The zero-order chi connectivity index (χ0) is 15.2. The summed E-state index contributed by atoms with van der Waals surface area (Å²) < 4.78 is 1.73. The summed E-state index contributed by atoms with van der Waals surface area (Å²) in [5.74, 6) is 0. The largest absolute Gasteiger partial charge is 0.307 e. The van der Waals surface area contributed by atoms with Crippen LogP contribution in [0.3, 0.4) is 0 Å². The van der Waals surface area contributed by atoms with E-state index in [1.165, 1.54) is 5.56 Å². The van der Waals surface area contributed by atoms with Crippen LogP contribution in [0.2, 0.25) is 0 Å². The van der Waals surface area contributed by atoms with Crippen LogP contribution >= 0.6 is 0 Å². The SMILES string of the molecule is CCCCn1c(-c2ccc(CC)cc2)ccc(C#N)c1=O. The fraction of sp³-hybridized carbons (Fsp3) is 0.333. The minimum Gasteiger partial charge on any atom is -0.307 e. The van der Waals surface area contributed by atoms with Gasteiger partial charge in [0.2, 0.25) is 0 Å². The van der Waals surface area contributed by atoms with Gasteiger partial charge in [-0.05, 0) is 36.1 Å². The molecule has 2 aromatic rings. The number of aryl methyl sites for hydroxylation is 1. The first-order valence-corrected chi connectivity index (χ1v) is 7.44. The summed E-state index contributed by atoms with van der Waals surface area (Å²) in [7, 11) is 0. The van der Waals surface area contributed by atoms with Crippen molar-refractivity contribution >= 4 is 0 Å². The van der Waals surface area contributed by atoms with E-state index in [1.54, 1.807) is 10.6 Å². The van der Waals surface area contributed by atoms with Gasteiger partial charge in [0.05, 0.1) is 5.69 Å². The molecule has 1 aromatic heterocycles. The standard InChI is InChI=1S/C18H20N2O/c1-3-5-12-20-17(11-10-16(13-19)18(20)21)15-8-6-14(4-2)7-9-15/h6-11H,3-5,12H2,1-2H3. The number of pyridine rings is 1. The first kappa shape index (κ1) is 15.1. The maximum atomic E-state index is 12.4. The fourth-order valence-corrected chi connectivity index (χ4v) is 2.36. The number of hydrogen-bond donors (Lipinski definition) is 0. The van der Waals surface area contributed by atoms with Gasteiger partial charge < -0.3 is 4.57 Å². The molecule has 1 aromatic carbocycles. The van der Waals surface area contributed by atoms with E-state index in [-0.39, 0.29) is 11.1 Å². The van der Waals surface area contributed by atoms with Gasteiger partial charge in [0.25, 0.3) is 5.56 Å². The summed E-state index contributed by atoms with van der Waals surface area (Å²) in [4.78, 5) is 12.4. The number of unbranched alkanes of at least 4 members (excludes halogenated alkanes) is 1. The summed E-state index contributed by atoms with van der Waals surface area (Å²) in [5.41, 5.74) is 3.19. The Morgan fingerprint density at radius 3 is 2.38 bits per heavy atom. The molecule has 0 aliphatic carbocycles. The zero-order valence-electron chi connectivity index (χ0n) is 12.6. The van der Waals surface area contributed by atoms with E-state index in [2.05, 4.69) is 26.0 Å². The van der Waals surface area contributed by atoms with Crippen LogP contribution in [0.4, 0.5) is 0 Å². The second kappa shape index (κ2) is 6.90. The van der Waals surface area contributed by atoms with Crippen LogP contribution in [0.15, 0.2) is 41.2 Å². The van der Waals surface area contributed by atoms with Crippen molar-refractivity contribution in [2.45, 2.75) is 39.7 Å². The molecule has 0 bridgehead atoms. The van der Waals surface area contributed by atoms with Crippen LogP contribution in [0.5, 0.6) is 0 Å². The number of nitriles is 1. The highest BCUT2D eigenvalue weighted by Gasteiger charge is 2.10. The van der Waals surface area contributed by atoms with Gasteiger partial charge in [-0.15, -0.1) is 0 Å². The first-order chi connectivity index (χ1) is 10.2. The number of benzene rings is 1. The average Bonchev–Trinajstić information content (AvgIpc) is 2.53. The zero-order valence-corrected chi connectivity index (χ0v) is 12.6. The Hall–Kier alpha value is -2.34. The Labute approximate surface area is 125 Å². The summed E-state index contributed by atoms with van der Waals surface area (Å²) in [5, 5.41) is 9.03. The molecule has 0 atom stereocenters. The molecular weight excluding hydrogens is 260 g/mol. The first-order valence-electron chi connectivity index (χ1n) is 7.44. The quantitative estimate of drug-likeness (QED) is 0.837. The molecule has 3 heteroatoms. The van der Waals surface area contributed by atoms with E-state index < -0.39 is 0 Å². The molecule has 0 aliphatic heterocycles. The monoisotopic (exact) mass is 280 g/mol. The summed E-state index contributed by atoms with van der Waals surface area (Å²) >= 11 is 0. The molecule has 0 amide bonds. The topological polar surface area (TPSA) is 45.8 Å². The van der Waals surface area contributed by atoms with Crippen molar-refractivity contribution in [3.63, 3.8) is 0 Å². The van der Waals surface area contributed by atoms with Crippen LogP contribution in [-0.4, -0.2) is 4.57 Å². The normalized spacial score (nSPS) is 10.3. The molecule has 0 fully saturated rings. The maximum Gasteiger partial charge on any atom is 0.268 e. The van der Waals surface area contributed by atoms with E-state index in [9.17, 15) is 4.79 Å². The van der Waals surface area contributed by atoms with Gasteiger partial charge in [-0.25, -0.2) is 0 Å². The van der Waals surface area contributed by atoms with Crippen molar-refractivity contribution in [3.8, 4) is 17.3 Å². The van der Waals surface area contributed by atoms with Crippen LogP contribution in [0.1, 0.15) is 37.8 Å². The highest BCUT2D eigenvalue weighted by molar-refractivity contribution is 5.60. The van der Waals surface area contributed by atoms with Crippen LogP contribution in [-0.2, 0) is 13.0 Å². The van der Waals surface area contributed by atoms with E-state index in [4.69, 9.17) is 5.26 Å². The van der Waals surface area contributed by atoms with E-state index in [1.807, 2.05) is 24.3 Å². The lowest BCUT2D eigenvalue weighted by molar-refractivity contribution is 0.617. The third-order valence-electron chi connectivity index (χ3n) is 3.69. The van der Waals surface area contributed by atoms with Crippen LogP contribution in [0, 0.1) is 11.3 Å². The van der Waals surface area contributed by atoms with E-state index >= 15 is 0 Å². The smallest absolute Gasteiger partial charge is 0.268 e. The van der Waals surface area contributed by atoms with E-state index in [0.29, 0.717) is 6.54 Å². The van der Waals surface area contributed by atoms with Gasteiger partial charge in [0, 0.05) is 6.54 Å². The third kappa shape index (κ3) is 3.22. The van der Waals surface area contributed by atoms with Crippen molar-refractivity contribution in [2.75, 3.05) is 0 Å². The van der Waals surface area contributed by atoms with Gasteiger partial charge in [-0.2, -0.15) is 5.26 Å². The van der Waals surface area contributed by atoms with Gasteiger partial charge in [-0.3, -0.25) is 4.79 Å². The number of aromatic nitrogens is 1. The maximum absolute atomic E-state index is 12.4. The molecule has 3 nitrogen and oxygen atoms in total. The molecule has 0 saturated heterocycles.